The average Bonchev–Trinajstić information content (AvgIpc) is 2.76. The Morgan fingerprint density at radius 3 is 2.35 bits per heavy atom. The molecule has 0 aromatic heterocycles. The smallest absolute Gasteiger partial charge is 0.292 e. The minimum Gasteiger partial charge on any atom is -0.324 e. The first-order valence-electron chi connectivity index (χ1n) is 7.14. The molecular weight excluding hydrogens is 367 g/mol. The molecule has 106 valence electrons. The summed E-state index contributed by atoms with van der Waals surface area (Å²) in [7, 11) is 0. The number of anilines is 1. The summed E-state index contributed by atoms with van der Waals surface area (Å²) in [5.74, 6) is -0.0765. The molecule has 0 spiro atoms. The molecule has 1 N–H and O–H groups in total. The number of likely N-dealkylation sites (tertiary alicyclic amines) is 1. The van der Waals surface area contributed by atoms with Crippen molar-refractivity contribution in [3.05, 3.63) is 27.8 Å². The highest BCUT2D eigenvalue weighted by Gasteiger charge is 2.45. The maximum absolute atomic E-state index is 12.6. The van der Waals surface area contributed by atoms with Crippen LogP contribution in [0, 0.1) is 3.57 Å². The lowest BCUT2D eigenvalue weighted by atomic mass is 10.1. The summed E-state index contributed by atoms with van der Waals surface area (Å²) in [5, 5.41) is 0. The van der Waals surface area contributed by atoms with Gasteiger partial charge in [-0.25, -0.2) is 4.90 Å². The van der Waals surface area contributed by atoms with Crippen LogP contribution in [0.5, 0.6) is 0 Å². The van der Waals surface area contributed by atoms with Crippen LogP contribution in [0.1, 0.15) is 25.7 Å². The molecule has 4 nitrogen and oxygen atoms in total. The standard InChI is InChI=1S/C15H17IN2O2/c16-11-4-6-12(7-5-11)18-14(19)10-13(15(18)20)17-8-2-1-3-9-17/h4-7,13H,1-3,8-10H2/p+1/t13-/m1/s1. The third-order valence-corrected chi connectivity index (χ3v) is 4.94. The van der Waals surface area contributed by atoms with Gasteiger partial charge in [0.1, 0.15) is 0 Å². The van der Waals surface area contributed by atoms with Gasteiger partial charge in [-0.2, -0.15) is 0 Å². The molecule has 1 aromatic carbocycles. The van der Waals surface area contributed by atoms with Gasteiger partial charge >= 0.3 is 0 Å². The summed E-state index contributed by atoms with van der Waals surface area (Å²) in [6.45, 7) is 2.04. The Balaban J connectivity index is 1.81. The number of carbonyl (C=O) groups excluding carboxylic acids is 2. The van der Waals surface area contributed by atoms with Crippen molar-refractivity contribution in [1.82, 2.24) is 0 Å². The fourth-order valence-corrected chi connectivity index (χ4v) is 3.53. The SMILES string of the molecule is O=C1C[C@@H]([NH+]2CCCCC2)C(=O)N1c1ccc(I)cc1. The lowest BCUT2D eigenvalue weighted by Gasteiger charge is -2.27. The van der Waals surface area contributed by atoms with Crippen molar-refractivity contribution in [2.24, 2.45) is 0 Å². The molecule has 5 heteroatoms. The second kappa shape index (κ2) is 5.81. The van der Waals surface area contributed by atoms with E-state index in [0.717, 1.165) is 29.5 Å². The molecule has 2 aliphatic rings. The lowest BCUT2D eigenvalue weighted by molar-refractivity contribution is -0.919. The number of hydrogen-bond donors (Lipinski definition) is 1. The highest BCUT2D eigenvalue weighted by molar-refractivity contribution is 14.1. The molecule has 0 saturated carbocycles. The molecule has 0 aliphatic carbocycles. The van der Waals surface area contributed by atoms with Crippen LogP contribution in [0.4, 0.5) is 5.69 Å². The monoisotopic (exact) mass is 385 g/mol. The Labute approximate surface area is 132 Å². The minimum absolute atomic E-state index is 0.0203. The van der Waals surface area contributed by atoms with Crippen LogP contribution in [0.2, 0.25) is 0 Å². The van der Waals surface area contributed by atoms with Gasteiger partial charge in [-0.1, -0.05) is 0 Å². The molecule has 20 heavy (non-hydrogen) atoms. The largest absolute Gasteiger partial charge is 0.324 e. The summed E-state index contributed by atoms with van der Waals surface area (Å²) >= 11 is 2.22. The van der Waals surface area contributed by atoms with E-state index >= 15 is 0 Å². The number of carbonyl (C=O) groups is 2. The molecular formula is C15H18IN2O2+. The number of nitrogens with zero attached hydrogens (tertiary/aromatic N) is 1. The van der Waals surface area contributed by atoms with E-state index in [1.165, 1.54) is 16.2 Å². The third-order valence-electron chi connectivity index (χ3n) is 4.22. The van der Waals surface area contributed by atoms with Crippen LogP contribution >= 0.6 is 22.6 Å². The zero-order valence-corrected chi connectivity index (χ0v) is 13.4. The van der Waals surface area contributed by atoms with Crippen LogP contribution < -0.4 is 9.80 Å². The third kappa shape index (κ3) is 2.61. The van der Waals surface area contributed by atoms with Crippen LogP contribution in [-0.2, 0) is 9.59 Å². The van der Waals surface area contributed by atoms with E-state index in [1.54, 1.807) is 0 Å². The quantitative estimate of drug-likeness (QED) is 0.610. The van der Waals surface area contributed by atoms with Gasteiger partial charge in [0.2, 0.25) is 5.91 Å². The number of halogens is 1. The van der Waals surface area contributed by atoms with Crippen molar-refractivity contribution in [3.8, 4) is 0 Å². The van der Waals surface area contributed by atoms with Gasteiger partial charge in [-0.3, -0.25) is 9.59 Å². The van der Waals surface area contributed by atoms with Crippen LogP contribution in [0.25, 0.3) is 0 Å². The maximum atomic E-state index is 12.6. The van der Waals surface area contributed by atoms with Crippen molar-refractivity contribution >= 4 is 40.1 Å². The predicted octanol–water partition coefficient (Wildman–Crippen LogP) is 0.992. The fraction of sp³-hybridized carbons (Fsp3) is 0.467. The first kappa shape index (κ1) is 14.0. The summed E-state index contributed by atoms with van der Waals surface area (Å²) in [4.78, 5) is 27.5. The molecule has 0 unspecified atom stereocenters. The van der Waals surface area contributed by atoms with Crippen molar-refractivity contribution < 1.29 is 14.5 Å². The van der Waals surface area contributed by atoms with E-state index in [9.17, 15) is 9.59 Å². The normalized spacial score (nSPS) is 24.4. The Hall–Kier alpha value is -0.950. The van der Waals surface area contributed by atoms with Gasteiger partial charge in [0.25, 0.3) is 5.91 Å². The van der Waals surface area contributed by atoms with Crippen molar-refractivity contribution in [3.63, 3.8) is 0 Å². The Morgan fingerprint density at radius 1 is 1.05 bits per heavy atom. The number of rotatable bonds is 2. The Bertz CT molecular complexity index is 523. The first-order valence-corrected chi connectivity index (χ1v) is 8.21. The molecule has 1 atom stereocenters. The van der Waals surface area contributed by atoms with Crippen LogP contribution in [0.3, 0.4) is 0 Å². The van der Waals surface area contributed by atoms with E-state index in [1.807, 2.05) is 24.3 Å². The van der Waals surface area contributed by atoms with Crippen molar-refractivity contribution in [2.45, 2.75) is 31.7 Å². The van der Waals surface area contributed by atoms with Crippen molar-refractivity contribution in [1.29, 1.82) is 0 Å². The van der Waals surface area contributed by atoms with E-state index in [4.69, 9.17) is 0 Å². The number of nitrogens with one attached hydrogen (secondary N) is 1. The number of hydrogen-bond acceptors (Lipinski definition) is 2. The Kier molecular flexibility index (Phi) is 4.07. The molecule has 3 rings (SSSR count). The second-order valence-electron chi connectivity index (χ2n) is 5.52. The number of piperidine rings is 1. The molecule has 2 amide bonds. The van der Waals surface area contributed by atoms with E-state index < -0.39 is 0 Å². The summed E-state index contributed by atoms with van der Waals surface area (Å²) in [6, 6.07) is 7.40. The predicted molar refractivity (Wildman–Crippen MR) is 84.6 cm³/mol. The molecule has 1 aromatic rings. The lowest BCUT2D eigenvalue weighted by Crippen LogP contribution is -3.17. The zero-order valence-electron chi connectivity index (χ0n) is 11.3. The van der Waals surface area contributed by atoms with E-state index in [-0.39, 0.29) is 17.9 Å². The molecule has 0 bridgehead atoms. The van der Waals surface area contributed by atoms with E-state index in [0.29, 0.717) is 12.1 Å². The number of quaternary nitrogens is 1. The van der Waals surface area contributed by atoms with Gasteiger partial charge in [0.05, 0.1) is 25.2 Å². The van der Waals surface area contributed by atoms with Gasteiger partial charge in [-0.15, -0.1) is 0 Å². The highest BCUT2D eigenvalue weighted by atomic mass is 127. The Morgan fingerprint density at radius 2 is 1.70 bits per heavy atom. The summed E-state index contributed by atoms with van der Waals surface area (Å²) in [5.41, 5.74) is 0.708. The minimum atomic E-state index is -0.165. The highest BCUT2D eigenvalue weighted by Crippen LogP contribution is 2.23. The molecule has 0 radical (unpaired) electrons. The summed E-state index contributed by atoms with van der Waals surface area (Å²) in [6.07, 6.45) is 3.94. The van der Waals surface area contributed by atoms with Gasteiger partial charge in [-0.05, 0) is 66.1 Å². The topological polar surface area (TPSA) is 41.8 Å². The maximum Gasteiger partial charge on any atom is 0.292 e. The fourth-order valence-electron chi connectivity index (χ4n) is 3.17. The molecule has 2 saturated heterocycles. The van der Waals surface area contributed by atoms with E-state index in [2.05, 4.69) is 22.6 Å². The molecule has 2 aliphatic heterocycles. The number of benzene rings is 1. The van der Waals surface area contributed by atoms with Crippen LogP contribution in [-0.4, -0.2) is 30.9 Å². The van der Waals surface area contributed by atoms with Crippen molar-refractivity contribution in [2.75, 3.05) is 18.0 Å². The zero-order chi connectivity index (χ0) is 14.1. The number of imide groups is 1. The van der Waals surface area contributed by atoms with Gasteiger partial charge < -0.3 is 4.90 Å². The summed E-state index contributed by atoms with van der Waals surface area (Å²) < 4.78 is 1.10. The average molecular weight is 385 g/mol. The second-order valence-corrected chi connectivity index (χ2v) is 6.77. The molecule has 2 fully saturated rings. The number of amides is 2. The van der Waals surface area contributed by atoms with Gasteiger partial charge in [0, 0.05) is 3.57 Å². The first-order chi connectivity index (χ1) is 9.66. The molecule has 2 heterocycles. The van der Waals surface area contributed by atoms with Gasteiger partial charge in [0.15, 0.2) is 6.04 Å². The van der Waals surface area contributed by atoms with Crippen LogP contribution in [0.15, 0.2) is 24.3 Å².